The molecule has 0 saturated heterocycles. The fourth-order valence-corrected chi connectivity index (χ4v) is 3.78. The fourth-order valence-electron chi connectivity index (χ4n) is 1.47. The molecule has 0 amide bonds. The maximum atomic E-state index is 12.1. The van der Waals surface area contributed by atoms with E-state index in [9.17, 15) is 8.42 Å². The monoisotopic (exact) mass is 335 g/mol. The summed E-state index contributed by atoms with van der Waals surface area (Å²) in [5.41, 5.74) is 1.00. The molecule has 0 aromatic heterocycles. The van der Waals surface area contributed by atoms with Gasteiger partial charge in [0.2, 0.25) is 10.0 Å². The minimum atomic E-state index is -3.50. The third kappa shape index (κ3) is 4.35. The number of sulfonamides is 1. The Morgan fingerprint density at radius 2 is 2.11 bits per heavy atom. The zero-order valence-electron chi connectivity index (χ0n) is 10.7. The number of benzene rings is 1. The van der Waals surface area contributed by atoms with Crippen molar-refractivity contribution in [2.24, 2.45) is 0 Å². The van der Waals surface area contributed by atoms with Gasteiger partial charge in [0.1, 0.15) is 0 Å². The summed E-state index contributed by atoms with van der Waals surface area (Å²) in [7, 11) is -3.50. The second-order valence-corrected chi connectivity index (χ2v) is 6.64. The molecule has 0 aliphatic rings. The molecule has 0 aliphatic carbocycles. The third-order valence-electron chi connectivity index (χ3n) is 2.39. The zero-order valence-corrected chi connectivity index (χ0v) is 13.1. The summed E-state index contributed by atoms with van der Waals surface area (Å²) in [6.07, 6.45) is -0.144. The number of halogens is 1. The molecule has 0 saturated carbocycles. The lowest BCUT2D eigenvalue weighted by Gasteiger charge is -2.13. The van der Waals surface area contributed by atoms with Crippen LogP contribution in [0.3, 0.4) is 0 Å². The zero-order chi connectivity index (χ0) is 13.8. The molecule has 1 rings (SSSR count). The first-order valence-corrected chi connectivity index (χ1v) is 8.02. The van der Waals surface area contributed by atoms with Crippen LogP contribution in [0.2, 0.25) is 0 Å². The Labute approximate surface area is 117 Å². The highest BCUT2D eigenvalue weighted by molar-refractivity contribution is 9.10. The van der Waals surface area contributed by atoms with Crippen LogP contribution in [-0.2, 0) is 14.8 Å². The van der Waals surface area contributed by atoms with Gasteiger partial charge in [0.15, 0.2) is 0 Å². The molecular weight excluding hydrogens is 318 g/mol. The first-order chi connectivity index (χ1) is 8.36. The summed E-state index contributed by atoms with van der Waals surface area (Å²) in [6.45, 7) is 6.44. The average Bonchev–Trinajstić information content (AvgIpc) is 2.26. The van der Waals surface area contributed by atoms with E-state index >= 15 is 0 Å². The lowest BCUT2D eigenvalue weighted by molar-refractivity contribution is 0.0799. The number of rotatable bonds is 6. The molecule has 6 heteroatoms. The maximum absolute atomic E-state index is 12.1. The van der Waals surface area contributed by atoms with E-state index in [4.69, 9.17) is 4.74 Å². The molecule has 0 fully saturated rings. The number of hydrogen-bond donors (Lipinski definition) is 1. The lowest BCUT2D eigenvalue weighted by Crippen LogP contribution is -2.32. The smallest absolute Gasteiger partial charge is 0.241 e. The Kier molecular flexibility index (Phi) is 5.78. The molecule has 0 radical (unpaired) electrons. The average molecular weight is 336 g/mol. The van der Waals surface area contributed by atoms with Crippen molar-refractivity contribution in [3.8, 4) is 0 Å². The first-order valence-electron chi connectivity index (χ1n) is 5.74. The van der Waals surface area contributed by atoms with Gasteiger partial charge in [-0.3, -0.25) is 0 Å². The van der Waals surface area contributed by atoms with Crippen molar-refractivity contribution >= 4 is 26.0 Å². The van der Waals surface area contributed by atoms with Crippen molar-refractivity contribution in [2.45, 2.75) is 31.8 Å². The van der Waals surface area contributed by atoms with Gasteiger partial charge in [0.05, 0.1) is 11.0 Å². The van der Waals surface area contributed by atoms with E-state index in [2.05, 4.69) is 20.7 Å². The van der Waals surface area contributed by atoms with Crippen molar-refractivity contribution in [1.82, 2.24) is 4.72 Å². The van der Waals surface area contributed by atoms with Crippen LogP contribution in [0, 0.1) is 6.92 Å². The van der Waals surface area contributed by atoms with E-state index in [1.165, 1.54) is 0 Å². The molecule has 0 spiro atoms. The van der Waals surface area contributed by atoms with Crippen molar-refractivity contribution in [1.29, 1.82) is 0 Å². The van der Waals surface area contributed by atoms with Gasteiger partial charge in [0, 0.05) is 17.6 Å². The molecule has 102 valence electrons. The third-order valence-corrected chi connectivity index (χ3v) is 4.79. The van der Waals surface area contributed by atoms with Crippen LogP contribution in [0.1, 0.15) is 19.4 Å². The second kappa shape index (κ2) is 6.65. The predicted octanol–water partition coefficient (Wildman–Crippen LogP) is 2.46. The van der Waals surface area contributed by atoms with Gasteiger partial charge in [-0.1, -0.05) is 6.07 Å². The maximum Gasteiger partial charge on any atom is 0.241 e. The molecule has 0 heterocycles. The van der Waals surface area contributed by atoms with E-state index in [0.29, 0.717) is 11.1 Å². The highest BCUT2D eigenvalue weighted by Crippen LogP contribution is 2.22. The highest BCUT2D eigenvalue weighted by atomic mass is 79.9. The van der Waals surface area contributed by atoms with E-state index in [1.54, 1.807) is 18.2 Å². The van der Waals surface area contributed by atoms with E-state index in [-0.39, 0.29) is 17.5 Å². The Morgan fingerprint density at radius 3 is 2.67 bits per heavy atom. The number of nitrogens with one attached hydrogen (secondary N) is 1. The molecule has 0 bridgehead atoms. The van der Waals surface area contributed by atoms with E-state index in [0.717, 1.165) is 5.56 Å². The van der Waals surface area contributed by atoms with E-state index in [1.807, 2.05) is 20.8 Å². The second-order valence-electron chi connectivity index (χ2n) is 4.05. The summed E-state index contributed by atoms with van der Waals surface area (Å²) in [4.78, 5) is 0.247. The minimum Gasteiger partial charge on any atom is -0.377 e. The molecule has 1 aromatic carbocycles. The van der Waals surface area contributed by atoms with Crippen LogP contribution in [0.4, 0.5) is 0 Å². The Bertz CT molecular complexity index is 502. The van der Waals surface area contributed by atoms with Crippen molar-refractivity contribution in [2.75, 3.05) is 13.2 Å². The molecule has 1 aromatic rings. The number of aryl methyl sites for hydroxylation is 1. The van der Waals surface area contributed by atoms with Crippen LogP contribution >= 0.6 is 15.9 Å². The van der Waals surface area contributed by atoms with Crippen LogP contribution in [0.15, 0.2) is 27.6 Å². The molecule has 18 heavy (non-hydrogen) atoms. The molecular formula is C12H18BrNO3S. The van der Waals surface area contributed by atoms with Crippen LogP contribution in [0.25, 0.3) is 0 Å². The van der Waals surface area contributed by atoms with Gasteiger partial charge in [-0.25, -0.2) is 13.1 Å². The van der Waals surface area contributed by atoms with Gasteiger partial charge in [-0.2, -0.15) is 0 Å². The molecule has 0 aliphatic heterocycles. The molecule has 1 N–H and O–H groups in total. The fraction of sp³-hybridized carbons (Fsp3) is 0.500. The topological polar surface area (TPSA) is 55.4 Å². The predicted molar refractivity (Wildman–Crippen MR) is 75.2 cm³/mol. The van der Waals surface area contributed by atoms with Crippen molar-refractivity contribution in [3.05, 3.63) is 28.2 Å². The number of hydrogen-bond acceptors (Lipinski definition) is 3. The normalized spacial score (nSPS) is 13.6. The van der Waals surface area contributed by atoms with Crippen LogP contribution < -0.4 is 4.72 Å². The van der Waals surface area contributed by atoms with Gasteiger partial charge in [-0.05, 0) is 54.4 Å². The minimum absolute atomic E-state index is 0.144. The molecule has 4 nitrogen and oxygen atoms in total. The standard InChI is InChI=1S/C12H18BrNO3S/c1-4-17-10(3)8-14-18(15,16)12-6-5-9(2)7-11(12)13/h5-7,10,14H,4,8H2,1-3H3. The molecule has 1 atom stereocenters. The Hall–Kier alpha value is -0.430. The van der Waals surface area contributed by atoms with Crippen LogP contribution in [-0.4, -0.2) is 27.7 Å². The van der Waals surface area contributed by atoms with Gasteiger partial charge < -0.3 is 4.74 Å². The van der Waals surface area contributed by atoms with E-state index < -0.39 is 10.0 Å². The first kappa shape index (κ1) is 15.6. The summed E-state index contributed by atoms with van der Waals surface area (Å²) in [6, 6.07) is 5.14. The Balaban J connectivity index is 2.80. The lowest BCUT2D eigenvalue weighted by atomic mass is 10.2. The Morgan fingerprint density at radius 1 is 1.44 bits per heavy atom. The summed E-state index contributed by atoms with van der Waals surface area (Å²) in [5, 5.41) is 0. The van der Waals surface area contributed by atoms with Crippen molar-refractivity contribution < 1.29 is 13.2 Å². The van der Waals surface area contributed by atoms with Gasteiger partial charge >= 0.3 is 0 Å². The van der Waals surface area contributed by atoms with Gasteiger partial charge in [0.25, 0.3) is 0 Å². The summed E-state index contributed by atoms with van der Waals surface area (Å²) >= 11 is 3.27. The largest absolute Gasteiger partial charge is 0.377 e. The number of ether oxygens (including phenoxy) is 1. The summed E-state index contributed by atoms with van der Waals surface area (Å²) < 4.78 is 32.5. The summed E-state index contributed by atoms with van der Waals surface area (Å²) in [5.74, 6) is 0. The van der Waals surface area contributed by atoms with Crippen LogP contribution in [0.5, 0.6) is 0 Å². The SMILES string of the molecule is CCOC(C)CNS(=O)(=O)c1ccc(C)cc1Br. The molecule has 1 unspecified atom stereocenters. The van der Waals surface area contributed by atoms with Gasteiger partial charge in [-0.15, -0.1) is 0 Å². The van der Waals surface area contributed by atoms with Crippen molar-refractivity contribution in [3.63, 3.8) is 0 Å². The quantitative estimate of drug-likeness (QED) is 0.868. The highest BCUT2D eigenvalue weighted by Gasteiger charge is 2.18.